The fraction of sp³-hybridized carbons (Fsp3) is 0.241. The first-order chi connectivity index (χ1) is 19.3. The van der Waals surface area contributed by atoms with Crippen LogP contribution in [-0.4, -0.2) is 53.2 Å². The number of amides is 3. The molecule has 1 fully saturated rings. The molecule has 0 radical (unpaired) electrons. The first kappa shape index (κ1) is 25.7. The molecule has 6 rings (SSSR count). The van der Waals surface area contributed by atoms with Gasteiger partial charge in [-0.1, -0.05) is 41.9 Å². The van der Waals surface area contributed by atoms with Crippen LogP contribution in [0, 0.1) is 0 Å². The molecule has 1 aromatic heterocycles. The van der Waals surface area contributed by atoms with E-state index in [0.717, 1.165) is 11.1 Å². The Kier molecular flexibility index (Phi) is 6.55. The molecular weight excluding hydrogens is 534 g/mol. The van der Waals surface area contributed by atoms with Crippen LogP contribution in [0.5, 0.6) is 0 Å². The van der Waals surface area contributed by atoms with E-state index in [1.807, 2.05) is 30.3 Å². The molecule has 40 heavy (non-hydrogen) atoms. The number of nitrogens with zero attached hydrogens (tertiary/aromatic N) is 2. The number of rotatable bonds is 5. The molecule has 204 valence electrons. The molecule has 1 spiro atoms. The topological polar surface area (TPSA) is 126 Å². The average Bonchev–Trinajstić information content (AvgIpc) is 3.57. The Bertz CT molecular complexity index is 1620. The molecule has 2 atom stereocenters. The van der Waals surface area contributed by atoms with Gasteiger partial charge in [-0.3, -0.25) is 15.4 Å². The lowest BCUT2D eigenvalue weighted by Crippen LogP contribution is -2.43. The quantitative estimate of drug-likeness (QED) is 0.300. The number of ether oxygens (including phenoxy) is 2. The summed E-state index contributed by atoms with van der Waals surface area (Å²) in [7, 11) is 1.29. The highest BCUT2D eigenvalue weighted by Gasteiger charge is 2.49. The first-order valence-electron chi connectivity index (χ1n) is 12.8. The third-order valence-electron chi connectivity index (χ3n) is 7.38. The Morgan fingerprint density at radius 3 is 2.80 bits per heavy atom. The Labute approximate surface area is 234 Å². The summed E-state index contributed by atoms with van der Waals surface area (Å²) in [5, 5.41) is 5.89. The minimum atomic E-state index is -0.988. The Morgan fingerprint density at radius 2 is 2.00 bits per heavy atom. The van der Waals surface area contributed by atoms with Crippen molar-refractivity contribution in [1.82, 2.24) is 14.9 Å². The van der Waals surface area contributed by atoms with Crippen LogP contribution in [0.4, 0.5) is 21.0 Å². The standard InChI is InChI=1S/C29H26ClN5O5/c1-39-27(37)31-19-8-10-23-24(15-19)33-25(32-23)20(13-17-5-3-2-4-6-17)26(36)35-12-11-29(16-35)21-14-18(30)7-9-22(21)34-28(38)40-29/h2-10,14-15,20H,11-13,16H2,1H3,(H,31,37)(H,32,33)(H,34,38)/t20-,29-/m0/s1. The molecule has 0 unspecified atom stereocenters. The highest BCUT2D eigenvalue weighted by Crippen LogP contribution is 2.44. The van der Waals surface area contributed by atoms with Gasteiger partial charge in [0.15, 0.2) is 5.60 Å². The minimum absolute atomic E-state index is 0.133. The number of carbonyl (C=O) groups excluding carboxylic acids is 3. The second kappa shape index (κ2) is 10.2. The van der Waals surface area contributed by atoms with Gasteiger partial charge in [-0.15, -0.1) is 0 Å². The van der Waals surface area contributed by atoms with E-state index < -0.39 is 23.7 Å². The number of imidazole rings is 1. The number of anilines is 2. The molecule has 0 bridgehead atoms. The number of aromatic amines is 1. The molecule has 3 heterocycles. The second-order valence-electron chi connectivity index (χ2n) is 9.92. The van der Waals surface area contributed by atoms with Crippen molar-refractivity contribution < 1.29 is 23.9 Å². The predicted molar refractivity (Wildman–Crippen MR) is 149 cm³/mol. The van der Waals surface area contributed by atoms with Gasteiger partial charge in [0.2, 0.25) is 5.91 Å². The lowest BCUT2D eigenvalue weighted by molar-refractivity contribution is -0.133. The number of hydrogen-bond acceptors (Lipinski definition) is 6. The van der Waals surface area contributed by atoms with Crippen molar-refractivity contribution in [2.75, 3.05) is 30.8 Å². The molecule has 0 saturated carbocycles. The van der Waals surface area contributed by atoms with Crippen LogP contribution in [0.3, 0.4) is 0 Å². The summed E-state index contributed by atoms with van der Waals surface area (Å²) in [6.07, 6.45) is -0.278. The predicted octanol–water partition coefficient (Wildman–Crippen LogP) is 5.41. The van der Waals surface area contributed by atoms with E-state index in [1.54, 1.807) is 41.3 Å². The van der Waals surface area contributed by atoms with E-state index in [2.05, 4.69) is 20.4 Å². The van der Waals surface area contributed by atoms with E-state index in [0.29, 0.717) is 52.6 Å². The fourth-order valence-corrected chi connectivity index (χ4v) is 5.63. The summed E-state index contributed by atoms with van der Waals surface area (Å²) in [5.74, 6) is -0.255. The normalized spacial score (nSPS) is 18.6. The molecule has 2 aliphatic heterocycles. The van der Waals surface area contributed by atoms with Crippen molar-refractivity contribution in [1.29, 1.82) is 0 Å². The number of fused-ring (bicyclic) bond motifs is 3. The number of methoxy groups -OCH3 is 1. The zero-order chi connectivity index (χ0) is 27.9. The van der Waals surface area contributed by atoms with E-state index in [1.165, 1.54) is 7.11 Å². The third-order valence-corrected chi connectivity index (χ3v) is 7.62. The Hall–Kier alpha value is -4.57. The van der Waals surface area contributed by atoms with Gasteiger partial charge >= 0.3 is 12.2 Å². The maximum atomic E-state index is 14.2. The average molecular weight is 560 g/mol. The van der Waals surface area contributed by atoms with Crippen molar-refractivity contribution in [2.45, 2.75) is 24.4 Å². The summed E-state index contributed by atoms with van der Waals surface area (Å²) in [5.41, 5.74) is 3.24. The molecule has 0 aliphatic carbocycles. The van der Waals surface area contributed by atoms with Gasteiger partial charge in [-0.25, -0.2) is 14.6 Å². The zero-order valence-corrected chi connectivity index (χ0v) is 22.3. The van der Waals surface area contributed by atoms with Crippen LogP contribution in [-0.2, 0) is 26.3 Å². The van der Waals surface area contributed by atoms with Crippen LogP contribution in [0.1, 0.15) is 29.3 Å². The monoisotopic (exact) mass is 559 g/mol. The number of likely N-dealkylation sites (tertiary alicyclic amines) is 1. The van der Waals surface area contributed by atoms with Gasteiger partial charge in [0.1, 0.15) is 11.7 Å². The van der Waals surface area contributed by atoms with Crippen LogP contribution >= 0.6 is 11.6 Å². The molecule has 11 heteroatoms. The summed E-state index contributed by atoms with van der Waals surface area (Å²) in [4.78, 5) is 48.0. The molecule has 2 aliphatic rings. The van der Waals surface area contributed by atoms with Crippen LogP contribution in [0.25, 0.3) is 11.0 Å². The molecular formula is C29H26ClN5O5. The van der Waals surface area contributed by atoms with Crippen molar-refractivity contribution in [3.05, 3.63) is 88.7 Å². The van der Waals surface area contributed by atoms with E-state index in [-0.39, 0.29) is 12.5 Å². The molecule has 4 aromatic rings. The number of halogens is 1. The minimum Gasteiger partial charge on any atom is -0.453 e. The molecule has 3 N–H and O–H groups in total. The number of carbonyl (C=O) groups is 3. The van der Waals surface area contributed by atoms with Gasteiger partial charge in [-0.05, 0) is 48.4 Å². The highest BCUT2D eigenvalue weighted by molar-refractivity contribution is 6.30. The summed E-state index contributed by atoms with van der Waals surface area (Å²) in [6.45, 7) is 0.599. The van der Waals surface area contributed by atoms with Gasteiger partial charge < -0.3 is 19.4 Å². The van der Waals surface area contributed by atoms with Gasteiger partial charge in [-0.2, -0.15) is 0 Å². The largest absolute Gasteiger partial charge is 0.453 e. The van der Waals surface area contributed by atoms with E-state index in [4.69, 9.17) is 21.3 Å². The maximum Gasteiger partial charge on any atom is 0.412 e. The molecule has 3 amide bonds. The Morgan fingerprint density at radius 1 is 1.18 bits per heavy atom. The first-order valence-corrected chi connectivity index (χ1v) is 13.2. The second-order valence-corrected chi connectivity index (χ2v) is 10.4. The maximum absolute atomic E-state index is 14.2. The van der Waals surface area contributed by atoms with Crippen molar-refractivity contribution in [2.24, 2.45) is 0 Å². The van der Waals surface area contributed by atoms with Gasteiger partial charge in [0.05, 0.1) is 30.4 Å². The van der Waals surface area contributed by atoms with Crippen molar-refractivity contribution >= 4 is 52.1 Å². The number of benzene rings is 3. The number of hydrogen-bond donors (Lipinski definition) is 3. The highest BCUT2D eigenvalue weighted by atomic mass is 35.5. The summed E-state index contributed by atoms with van der Waals surface area (Å²) in [6, 6.07) is 20.2. The number of nitrogens with one attached hydrogen (secondary N) is 3. The van der Waals surface area contributed by atoms with Crippen molar-refractivity contribution in [3.63, 3.8) is 0 Å². The van der Waals surface area contributed by atoms with Crippen LogP contribution < -0.4 is 10.6 Å². The zero-order valence-electron chi connectivity index (χ0n) is 21.6. The Balaban J connectivity index is 1.33. The molecule has 10 nitrogen and oxygen atoms in total. The van der Waals surface area contributed by atoms with Gasteiger partial charge in [0, 0.05) is 29.2 Å². The van der Waals surface area contributed by atoms with E-state index in [9.17, 15) is 14.4 Å². The SMILES string of the molecule is COC(=O)Nc1ccc2nc([C@H](Cc3ccccc3)C(=O)N3CC[C@@]4(C3)OC(=O)Nc3ccc(Cl)cc34)[nH]c2c1. The lowest BCUT2D eigenvalue weighted by Gasteiger charge is -2.35. The number of H-pyrrole nitrogens is 1. The summed E-state index contributed by atoms with van der Waals surface area (Å²) >= 11 is 6.29. The van der Waals surface area contributed by atoms with Crippen molar-refractivity contribution in [3.8, 4) is 0 Å². The lowest BCUT2D eigenvalue weighted by atomic mass is 9.90. The van der Waals surface area contributed by atoms with Crippen LogP contribution in [0.15, 0.2) is 66.7 Å². The number of aromatic nitrogens is 2. The fourth-order valence-electron chi connectivity index (χ4n) is 5.46. The molecule has 1 saturated heterocycles. The smallest absolute Gasteiger partial charge is 0.412 e. The third kappa shape index (κ3) is 4.82. The van der Waals surface area contributed by atoms with E-state index >= 15 is 0 Å². The van der Waals surface area contributed by atoms with Crippen LogP contribution in [0.2, 0.25) is 5.02 Å². The summed E-state index contributed by atoms with van der Waals surface area (Å²) < 4.78 is 10.5. The molecule has 3 aromatic carbocycles. The van der Waals surface area contributed by atoms with Gasteiger partial charge in [0.25, 0.3) is 0 Å².